The molecular formula is C15H19FN4O2. The summed E-state index contributed by atoms with van der Waals surface area (Å²) in [5.74, 6) is 0.478. The van der Waals surface area contributed by atoms with Gasteiger partial charge in [-0.25, -0.2) is 14.2 Å². The highest BCUT2D eigenvalue weighted by molar-refractivity contribution is 5.74. The lowest BCUT2D eigenvalue weighted by atomic mass is 10.2. The minimum atomic E-state index is -0.281. The van der Waals surface area contributed by atoms with Crippen molar-refractivity contribution in [1.82, 2.24) is 20.2 Å². The molecule has 0 bridgehead atoms. The molecule has 1 aliphatic heterocycles. The van der Waals surface area contributed by atoms with Gasteiger partial charge in [-0.15, -0.1) is 0 Å². The van der Waals surface area contributed by atoms with E-state index in [9.17, 15) is 9.18 Å². The Labute approximate surface area is 127 Å². The third-order valence-electron chi connectivity index (χ3n) is 3.77. The Balaban J connectivity index is 1.55. The molecule has 118 valence electrons. The number of nitrogens with zero attached hydrogens (tertiary/aromatic N) is 2. The summed E-state index contributed by atoms with van der Waals surface area (Å²) in [6.07, 6.45) is 0.624. The van der Waals surface area contributed by atoms with Gasteiger partial charge < -0.3 is 19.9 Å². The second-order valence-corrected chi connectivity index (χ2v) is 5.36. The average Bonchev–Trinajstić information content (AvgIpc) is 3.11. The van der Waals surface area contributed by atoms with Gasteiger partial charge in [-0.05, 0) is 31.5 Å². The summed E-state index contributed by atoms with van der Waals surface area (Å²) in [7, 11) is 0. The van der Waals surface area contributed by atoms with Gasteiger partial charge in [0.25, 0.3) is 0 Å². The van der Waals surface area contributed by atoms with Crippen LogP contribution in [-0.2, 0) is 11.3 Å². The predicted octanol–water partition coefficient (Wildman–Crippen LogP) is 2.02. The average molecular weight is 306 g/mol. The fourth-order valence-electron chi connectivity index (χ4n) is 2.67. The fourth-order valence-corrected chi connectivity index (χ4v) is 2.67. The summed E-state index contributed by atoms with van der Waals surface area (Å²) >= 11 is 0. The molecule has 0 radical (unpaired) electrons. The molecule has 1 saturated heterocycles. The molecular weight excluding hydrogens is 287 g/mol. The summed E-state index contributed by atoms with van der Waals surface area (Å²) < 4.78 is 18.1. The number of carbonyl (C=O) groups is 1. The molecule has 2 aromatic rings. The molecule has 1 aliphatic rings. The first-order valence-corrected chi connectivity index (χ1v) is 7.45. The summed E-state index contributed by atoms with van der Waals surface area (Å²) in [4.78, 5) is 20.8. The molecule has 6 nitrogen and oxygen atoms in total. The SMILES string of the molecule is CCOC(=O)N1CC[C@@H](NCc2nc3ccc(F)cc3[nH]2)C1. The molecule has 0 saturated carbocycles. The minimum Gasteiger partial charge on any atom is -0.450 e. The van der Waals surface area contributed by atoms with Crippen LogP contribution in [0.1, 0.15) is 19.2 Å². The number of benzene rings is 1. The number of fused-ring (bicyclic) bond motifs is 1. The van der Waals surface area contributed by atoms with Gasteiger partial charge in [-0.1, -0.05) is 0 Å². The van der Waals surface area contributed by atoms with Crippen molar-refractivity contribution in [1.29, 1.82) is 0 Å². The number of rotatable bonds is 4. The normalized spacial score (nSPS) is 18.1. The molecule has 0 aliphatic carbocycles. The van der Waals surface area contributed by atoms with Crippen LogP contribution in [0.3, 0.4) is 0 Å². The molecule has 2 heterocycles. The van der Waals surface area contributed by atoms with E-state index in [1.165, 1.54) is 12.1 Å². The van der Waals surface area contributed by atoms with E-state index in [-0.39, 0.29) is 18.0 Å². The topological polar surface area (TPSA) is 70.2 Å². The zero-order valence-electron chi connectivity index (χ0n) is 12.4. The Hall–Kier alpha value is -2.15. The van der Waals surface area contributed by atoms with Crippen LogP contribution in [0, 0.1) is 5.82 Å². The number of imidazole rings is 1. The lowest BCUT2D eigenvalue weighted by Crippen LogP contribution is -2.35. The van der Waals surface area contributed by atoms with E-state index in [0.717, 1.165) is 17.8 Å². The van der Waals surface area contributed by atoms with Crippen LogP contribution in [0.5, 0.6) is 0 Å². The first-order valence-electron chi connectivity index (χ1n) is 7.45. The highest BCUT2D eigenvalue weighted by atomic mass is 19.1. The van der Waals surface area contributed by atoms with Crippen LogP contribution in [0.25, 0.3) is 11.0 Å². The number of carbonyl (C=O) groups excluding carboxylic acids is 1. The van der Waals surface area contributed by atoms with Crippen LogP contribution in [0.15, 0.2) is 18.2 Å². The fraction of sp³-hybridized carbons (Fsp3) is 0.467. The first-order chi connectivity index (χ1) is 10.7. The number of aromatic nitrogens is 2. The van der Waals surface area contributed by atoms with Crippen molar-refractivity contribution in [3.8, 4) is 0 Å². The Morgan fingerprint density at radius 3 is 3.27 bits per heavy atom. The van der Waals surface area contributed by atoms with Crippen LogP contribution >= 0.6 is 0 Å². The summed E-state index contributed by atoms with van der Waals surface area (Å²) in [6, 6.07) is 4.70. The van der Waals surface area contributed by atoms with Crippen LogP contribution in [0.2, 0.25) is 0 Å². The van der Waals surface area contributed by atoms with Crippen molar-refractivity contribution in [2.24, 2.45) is 0 Å². The molecule has 2 N–H and O–H groups in total. The summed E-state index contributed by atoms with van der Waals surface area (Å²) in [6.45, 7) is 4.07. The van der Waals surface area contributed by atoms with E-state index < -0.39 is 0 Å². The van der Waals surface area contributed by atoms with E-state index >= 15 is 0 Å². The highest BCUT2D eigenvalue weighted by Crippen LogP contribution is 2.14. The minimum absolute atomic E-state index is 0.217. The van der Waals surface area contributed by atoms with Gasteiger partial charge in [0.2, 0.25) is 0 Å². The molecule has 3 rings (SSSR count). The van der Waals surface area contributed by atoms with Crippen molar-refractivity contribution in [2.45, 2.75) is 25.9 Å². The zero-order valence-corrected chi connectivity index (χ0v) is 12.4. The van der Waals surface area contributed by atoms with E-state index in [1.807, 2.05) is 0 Å². The molecule has 1 atom stereocenters. The predicted molar refractivity (Wildman–Crippen MR) is 79.9 cm³/mol. The van der Waals surface area contributed by atoms with Gasteiger partial charge in [0.1, 0.15) is 11.6 Å². The van der Waals surface area contributed by atoms with Crippen molar-refractivity contribution in [3.05, 3.63) is 29.8 Å². The van der Waals surface area contributed by atoms with Crippen LogP contribution in [0.4, 0.5) is 9.18 Å². The van der Waals surface area contributed by atoms with Gasteiger partial charge >= 0.3 is 6.09 Å². The van der Waals surface area contributed by atoms with E-state index in [1.54, 1.807) is 17.9 Å². The molecule has 22 heavy (non-hydrogen) atoms. The van der Waals surface area contributed by atoms with Crippen molar-refractivity contribution in [2.75, 3.05) is 19.7 Å². The quantitative estimate of drug-likeness (QED) is 0.906. The molecule has 7 heteroatoms. The lowest BCUT2D eigenvalue weighted by Gasteiger charge is -2.16. The number of likely N-dealkylation sites (tertiary alicyclic amines) is 1. The molecule has 0 unspecified atom stereocenters. The molecule has 1 aromatic carbocycles. The third-order valence-corrected chi connectivity index (χ3v) is 3.77. The van der Waals surface area contributed by atoms with Crippen LogP contribution in [-0.4, -0.2) is 46.7 Å². The second-order valence-electron chi connectivity index (χ2n) is 5.36. The number of amides is 1. The number of halogens is 1. The number of hydrogen-bond acceptors (Lipinski definition) is 4. The summed E-state index contributed by atoms with van der Waals surface area (Å²) in [5, 5.41) is 3.36. The van der Waals surface area contributed by atoms with Gasteiger partial charge in [-0.3, -0.25) is 0 Å². The monoisotopic (exact) mass is 306 g/mol. The number of nitrogens with one attached hydrogen (secondary N) is 2. The maximum atomic E-state index is 13.1. The second kappa shape index (κ2) is 6.31. The van der Waals surface area contributed by atoms with Crippen molar-refractivity contribution < 1.29 is 13.9 Å². The van der Waals surface area contributed by atoms with Gasteiger partial charge in [0, 0.05) is 19.1 Å². The van der Waals surface area contributed by atoms with Crippen molar-refractivity contribution >= 4 is 17.1 Å². The number of hydrogen-bond donors (Lipinski definition) is 2. The maximum absolute atomic E-state index is 13.1. The summed E-state index contributed by atoms with van der Waals surface area (Å²) in [5.41, 5.74) is 1.44. The van der Waals surface area contributed by atoms with Gasteiger partial charge in [0.15, 0.2) is 0 Å². The van der Waals surface area contributed by atoms with Crippen molar-refractivity contribution in [3.63, 3.8) is 0 Å². The molecule has 1 amide bonds. The van der Waals surface area contributed by atoms with E-state index in [4.69, 9.17) is 4.74 Å². The van der Waals surface area contributed by atoms with E-state index in [2.05, 4.69) is 15.3 Å². The zero-order chi connectivity index (χ0) is 15.5. The largest absolute Gasteiger partial charge is 0.450 e. The number of ether oxygens (including phenoxy) is 1. The Morgan fingerprint density at radius 1 is 1.59 bits per heavy atom. The third kappa shape index (κ3) is 3.19. The maximum Gasteiger partial charge on any atom is 0.409 e. The van der Waals surface area contributed by atoms with Gasteiger partial charge in [-0.2, -0.15) is 0 Å². The Morgan fingerprint density at radius 2 is 2.45 bits per heavy atom. The van der Waals surface area contributed by atoms with Crippen LogP contribution < -0.4 is 5.32 Å². The first kappa shape index (κ1) is 14.8. The number of H-pyrrole nitrogens is 1. The molecule has 1 fully saturated rings. The molecule has 0 spiro atoms. The number of aromatic amines is 1. The Bertz CT molecular complexity index is 673. The van der Waals surface area contributed by atoms with E-state index in [0.29, 0.717) is 31.8 Å². The standard InChI is InChI=1S/C15H19FN4O2/c1-2-22-15(21)20-6-5-11(9-20)17-8-14-18-12-4-3-10(16)7-13(12)19-14/h3-4,7,11,17H,2,5-6,8-9H2,1H3,(H,18,19)/t11-/m1/s1. The smallest absolute Gasteiger partial charge is 0.409 e. The lowest BCUT2D eigenvalue weighted by molar-refractivity contribution is 0.115. The molecule has 1 aromatic heterocycles. The Kier molecular flexibility index (Phi) is 4.24. The highest BCUT2D eigenvalue weighted by Gasteiger charge is 2.26. The van der Waals surface area contributed by atoms with Gasteiger partial charge in [0.05, 0.1) is 24.2 Å².